The molecule has 8 heteroatoms. The van der Waals surface area contributed by atoms with Crippen LogP contribution >= 0.6 is 11.3 Å². The predicted molar refractivity (Wildman–Crippen MR) is 102 cm³/mol. The second kappa shape index (κ2) is 6.26. The Bertz CT molecular complexity index is 1000. The standard InChI is InChI=1S/C18H24N4O3S/c1-4-6-21-16-14(15(23)22(18(21)25)12-8-10(12)2)11(3)13(26-16)9-20-7-5-19-17(20)24/h10,12H,4-9H2,1-3H3,(H,19,24). The molecule has 1 saturated carbocycles. The van der Waals surface area contributed by atoms with Crippen molar-refractivity contribution in [1.82, 2.24) is 19.4 Å². The van der Waals surface area contributed by atoms with Gasteiger partial charge in [-0.1, -0.05) is 13.8 Å². The van der Waals surface area contributed by atoms with E-state index in [-0.39, 0.29) is 23.3 Å². The van der Waals surface area contributed by atoms with Gasteiger partial charge in [-0.05, 0) is 31.2 Å². The Labute approximate surface area is 155 Å². The lowest BCUT2D eigenvalue weighted by atomic mass is 10.2. The van der Waals surface area contributed by atoms with Gasteiger partial charge in [-0.3, -0.25) is 13.9 Å². The van der Waals surface area contributed by atoms with Crippen LogP contribution in [0.3, 0.4) is 0 Å². The van der Waals surface area contributed by atoms with Gasteiger partial charge in [0.1, 0.15) is 4.83 Å². The molecule has 1 saturated heterocycles. The molecule has 1 N–H and O–H groups in total. The summed E-state index contributed by atoms with van der Waals surface area (Å²) >= 11 is 1.48. The van der Waals surface area contributed by atoms with Crippen molar-refractivity contribution in [2.24, 2.45) is 5.92 Å². The van der Waals surface area contributed by atoms with Crippen LogP contribution in [0.1, 0.15) is 43.2 Å². The van der Waals surface area contributed by atoms with Crippen molar-refractivity contribution in [3.63, 3.8) is 0 Å². The molecule has 2 aromatic heterocycles. The molecule has 4 rings (SSSR count). The molecule has 3 heterocycles. The molecule has 2 aromatic rings. The van der Waals surface area contributed by atoms with Crippen LogP contribution in [-0.4, -0.2) is 33.2 Å². The van der Waals surface area contributed by atoms with Gasteiger partial charge in [0.05, 0.1) is 11.9 Å². The van der Waals surface area contributed by atoms with Gasteiger partial charge in [-0.25, -0.2) is 9.59 Å². The van der Waals surface area contributed by atoms with E-state index >= 15 is 0 Å². The van der Waals surface area contributed by atoms with Crippen molar-refractivity contribution in [1.29, 1.82) is 0 Å². The number of aryl methyl sites for hydroxylation is 2. The highest BCUT2D eigenvalue weighted by Crippen LogP contribution is 2.41. The lowest BCUT2D eigenvalue weighted by Gasteiger charge is -2.12. The van der Waals surface area contributed by atoms with Crippen LogP contribution < -0.4 is 16.6 Å². The molecule has 26 heavy (non-hydrogen) atoms. The molecule has 2 unspecified atom stereocenters. The van der Waals surface area contributed by atoms with Crippen molar-refractivity contribution >= 4 is 27.6 Å². The summed E-state index contributed by atoms with van der Waals surface area (Å²) in [5.41, 5.74) is 0.546. The minimum absolute atomic E-state index is 0.0228. The topological polar surface area (TPSA) is 76.3 Å². The highest BCUT2D eigenvalue weighted by atomic mass is 32.1. The van der Waals surface area contributed by atoms with E-state index in [0.717, 1.165) is 28.1 Å². The molecule has 2 fully saturated rings. The number of hydrogen-bond donors (Lipinski definition) is 1. The SMILES string of the molecule is CCCn1c(=O)n(C2CC2C)c(=O)c2c(C)c(CN3CCNC3=O)sc21. The van der Waals surface area contributed by atoms with Crippen LogP contribution in [0.15, 0.2) is 9.59 Å². The first-order valence-electron chi connectivity index (χ1n) is 9.24. The third kappa shape index (κ3) is 2.58. The summed E-state index contributed by atoms with van der Waals surface area (Å²) in [5, 5.41) is 3.45. The number of urea groups is 1. The first-order valence-corrected chi connectivity index (χ1v) is 10.1. The maximum absolute atomic E-state index is 13.1. The molecule has 2 atom stereocenters. The monoisotopic (exact) mass is 376 g/mol. The van der Waals surface area contributed by atoms with Gasteiger partial charge in [0.25, 0.3) is 5.56 Å². The van der Waals surface area contributed by atoms with Gasteiger partial charge in [0.2, 0.25) is 0 Å². The molecule has 0 radical (unpaired) electrons. The lowest BCUT2D eigenvalue weighted by molar-refractivity contribution is 0.216. The molecule has 0 spiro atoms. The number of rotatable bonds is 5. The van der Waals surface area contributed by atoms with Gasteiger partial charge in [-0.2, -0.15) is 0 Å². The van der Waals surface area contributed by atoms with Crippen LogP contribution in [0.2, 0.25) is 0 Å². The molecule has 1 aliphatic heterocycles. The number of carbonyl (C=O) groups is 1. The van der Waals surface area contributed by atoms with E-state index < -0.39 is 0 Å². The van der Waals surface area contributed by atoms with E-state index in [1.54, 1.807) is 9.47 Å². The molecule has 7 nitrogen and oxygen atoms in total. The van der Waals surface area contributed by atoms with Crippen molar-refractivity contribution < 1.29 is 4.79 Å². The van der Waals surface area contributed by atoms with Crippen LogP contribution in [0.25, 0.3) is 10.2 Å². The largest absolute Gasteiger partial charge is 0.336 e. The van der Waals surface area contributed by atoms with Gasteiger partial charge in [0, 0.05) is 30.6 Å². The number of fused-ring (bicyclic) bond motifs is 1. The van der Waals surface area contributed by atoms with Gasteiger partial charge < -0.3 is 10.2 Å². The fourth-order valence-electron chi connectivity index (χ4n) is 3.77. The lowest BCUT2D eigenvalue weighted by Crippen LogP contribution is -2.39. The van der Waals surface area contributed by atoms with E-state index in [9.17, 15) is 14.4 Å². The van der Waals surface area contributed by atoms with Crippen LogP contribution in [-0.2, 0) is 13.1 Å². The highest BCUT2D eigenvalue weighted by molar-refractivity contribution is 7.18. The Morgan fingerprint density at radius 1 is 1.27 bits per heavy atom. The van der Waals surface area contributed by atoms with E-state index in [0.29, 0.717) is 37.5 Å². The average Bonchev–Trinajstić information content (AvgIpc) is 3.01. The molecule has 2 aliphatic rings. The van der Waals surface area contributed by atoms with Crippen LogP contribution in [0, 0.1) is 12.8 Å². The number of hydrogen-bond acceptors (Lipinski definition) is 4. The summed E-state index contributed by atoms with van der Waals surface area (Å²) in [6, 6.07) is -0.0494. The summed E-state index contributed by atoms with van der Waals surface area (Å²) < 4.78 is 3.22. The number of carbonyl (C=O) groups excluding carboxylic acids is 1. The highest BCUT2D eigenvalue weighted by Gasteiger charge is 2.38. The second-order valence-corrected chi connectivity index (χ2v) is 8.46. The molecule has 140 valence electrons. The molecule has 1 aliphatic carbocycles. The number of thiophene rings is 1. The Morgan fingerprint density at radius 2 is 2.00 bits per heavy atom. The maximum atomic E-state index is 13.1. The minimum Gasteiger partial charge on any atom is -0.336 e. The molecule has 2 amide bonds. The zero-order chi connectivity index (χ0) is 18.6. The average molecular weight is 376 g/mol. The van der Waals surface area contributed by atoms with E-state index in [1.165, 1.54) is 15.9 Å². The summed E-state index contributed by atoms with van der Waals surface area (Å²) in [7, 11) is 0. The molecular formula is C18H24N4O3S. The Morgan fingerprint density at radius 3 is 2.58 bits per heavy atom. The van der Waals surface area contributed by atoms with Crippen molar-refractivity contribution in [3.05, 3.63) is 31.3 Å². The molecular weight excluding hydrogens is 352 g/mol. The van der Waals surface area contributed by atoms with Crippen molar-refractivity contribution in [2.45, 2.75) is 52.7 Å². The summed E-state index contributed by atoms with van der Waals surface area (Å²) in [6.07, 6.45) is 1.71. The first-order chi connectivity index (χ1) is 12.4. The maximum Gasteiger partial charge on any atom is 0.332 e. The fourth-order valence-corrected chi connectivity index (χ4v) is 5.10. The normalized spacial score (nSPS) is 22.3. The zero-order valence-electron chi connectivity index (χ0n) is 15.4. The van der Waals surface area contributed by atoms with Gasteiger partial charge in [0.15, 0.2) is 0 Å². The van der Waals surface area contributed by atoms with Crippen molar-refractivity contribution in [2.75, 3.05) is 13.1 Å². The zero-order valence-corrected chi connectivity index (χ0v) is 16.2. The van der Waals surface area contributed by atoms with E-state index in [1.807, 2.05) is 13.8 Å². The van der Waals surface area contributed by atoms with Crippen LogP contribution in [0.4, 0.5) is 4.79 Å². The van der Waals surface area contributed by atoms with E-state index in [2.05, 4.69) is 12.2 Å². The Balaban J connectivity index is 1.90. The summed E-state index contributed by atoms with van der Waals surface area (Å²) in [6.45, 7) is 8.43. The summed E-state index contributed by atoms with van der Waals surface area (Å²) in [4.78, 5) is 41.5. The van der Waals surface area contributed by atoms with Gasteiger partial charge >= 0.3 is 11.7 Å². The van der Waals surface area contributed by atoms with Crippen LogP contribution in [0.5, 0.6) is 0 Å². The Kier molecular flexibility index (Phi) is 4.17. The molecule has 0 bridgehead atoms. The fraction of sp³-hybridized carbons (Fsp3) is 0.611. The third-order valence-electron chi connectivity index (χ3n) is 5.47. The number of nitrogens with one attached hydrogen (secondary N) is 1. The first kappa shape index (κ1) is 17.3. The summed E-state index contributed by atoms with van der Waals surface area (Å²) in [5.74, 6) is 0.375. The molecule has 0 aromatic carbocycles. The number of amides is 2. The van der Waals surface area contributed by atoms with E-state index in [4.69, 9.17) is 0 Å². The number of nitrogens with zero attached hydrogens (tertiary/aromatic N) is 3. The smallest absolute Gasteiger partial charge is 0.332 e. The third-order valence-corrected chi connectivity index (χ3v) is 6.77. The Hall–Kier alpha value is -2.09. The quantitative estimate of drug-likeness (QED) is 0.868. The van der Waals surface area contributed by atoms with Gasteiger partial charge in [-0.15, -0.1) is 11.3 Å². The predicted octanol–water partition coefficient (Wildman–Crippen LogP) is 2.05. The second-order valence-electron chi connectivity index (χ2n) is 7.37. The number of aromatic nitrogens is 2. The van der Waals surface area contributed by atoms with Crippen molar-refractivity contribution in [3.8, 4) is 0 Å². The minimum atomic E-state index is -0.189.